The quantitative estimate of drug-likeness (QED) is 0.493. The van der Waals surface area contributed by atoms with E-state index in [2.05, 4.69) is 15.5 Å². The van der Waals surface area contributed by atoms with Crippen molar-refractivity contribution in [3.63, 3.8) is 0 Å². The number of para-hydroxylation sites is 1. The van der Waals surface area contributed by atoms with Gasteiger partial charge in [0.25, 0.3) is 5.69 Å². The van der Waals surface area contributed by atoms with Crippen LogP contribution in [0.1, 0.15) is 17.8 Å². The maximum Gasteiger partial charge on any atom is 0.276 e. The van der Waals surface area contributed by atoms with Crippen LogP contribution in [0, 0.1) is 15.0 Å². The summed E-state index contributed by atoms with van der Waals surface area (Å²) in [6.45, 7) is 0. The predicted octanol–water partition coefficient (Wildman–Crippen LogP) is 2.31. The number of nitrogens with zero attached hydrogens (tertiary/aromatic N) is 5. The lowest BCUT2D eigenvalue weighted by molar-refractivity contribution is -0.695. The number of allylic oxidation sites excluding steroid dienone is 1. The van der Waals surface area contributed by atoms with Crippen LogP contribution in [0.3, 0.4) is 0 Å². The molecule has 1 aromatic carbocycles. The maximum absolute atomic E-state index is 12.3. The summed E-state index contributed by atoms with van der Waals surface area (Å²) in [5.74, 6) is 0. The van der Waals surface area contributed by atoms with E-state index in [1.54, 1.807) is 24.3 Å². The van der Waals surface area contributed by atoms with Crippen LogP contribution < -0.4 is 4.85 Å². The lowest BCUT2D eigenvalue weighted by atomic mass is 10.0. The molecule has 2 aromatic rings. The molecule has 0 radical (unpaired) electrons. The summed E-state index contributed by atoms with van der Waals surface area (Å²) in [7, 11) is 0. The number of fused-ring (bicyclic) bond motifs is 1. The third-order valence-corrected chi connectivity index (χ3v) is 3.56. The Labute approximate surface area is 123 Å². The fraction of sp³-hybridized carbons (Fsp3) is 0.167. The average Bonchev–Trinajstić information content (AvgIpc) is 2.84. The second-order valence-electron chi connectivity index (χ2n) is 4.39. The van der Waals surface area contributed by atoms with Crippen molar-refractivity contribution in [3.8, 4) is 5.69 Å². The Hall–Kier alpha value is -2.61. The maximum atomic E-state index is 12.3. The summed E-state index contributed by atoms with van der Waals surface area (Å²) in [4.78, 5) is 23.2. The second-order valence-corrected chi connectivity index (χ2v) is 4.79. The highest BCUT2D eigenvalue weighted by atomic mass is 35.5. The molecular formula is C12H8ClN5O3. The van der Waals surface area contributed by atoms with Gasteiger partial charge in [-0.1, -0.05) is 23.7 Å². The lowest BCUT2D eigenvalue weighted by Crippen LogP contribution is -2.40. The summed E-state index contributed by atoms with van der Waals surface area (Å²) in [6.07, 6.45) is 0.428. The molecular weight excluding hydrogens is 298 g/mol. The molecule has 3 rings (SSSR count). The van der Waals surface area contributed by atoms with Gasteiger partial charge in [-0.2, -0.15) is 0 Å². The predicted molar refractivity (Wildman–Crippen MR) is 74.4 cm³/mol. The second kappa shape index (κ2) is 5.06. The lowest BCUT2D eigenvalue weighted by Gasteiger charge is -2.09. The van der Waals surface area contributed by atoms with E-state index in [-0.39, 0.29) is 35.6 Å². The number of hydrogen-bond acceptors (Lipinski definition) is 6. The highest BCUT2D eigenvalue weighted by Crippen LogP contribution is 2.30. The van der Waals surface area contributed by atoms with E-state index in [4.69, 9.17) is 11.6 Å². The van der Waals surface area contributed by atoms with E-state index in [0.29, 0.717) is 15.6 Å². The van der Waals surface area contributed by atoms with Gasteiger partial charge >= 0.3 is 0 Å². The van der Waals surface area contributed by atoms with Crippen molar-refractivity contribution in [2.75, 3.05) is 0 Å². The van der Waals surface area contributed by atoms with Crippen molar-refractivity contribution < 1.29 is 4.85 Å². The first kappa shape index (κ1) is 13.4. The number of hydrogen-bond donors (Lipinski definition) is 0. The molecule has 0 saturated heterocycles. The van der Waals surface area contributed by atoms with Crippen LogP contribution >= 0.6 is 11.6 Å². The zero-order chi connectivity index (χ0) is 15.0. The van der Waals surface area contributed by atoms with Gasteiger partial charge in [0.15, 0.2) is 11.4 Å². The molecule has 0 unspecified atom stereocenters. The minimum absolute atomic E-state index is 0.00177. The topological polar surface area (TPSA) is 104 Å². The van der Waals surface area contributed by atoms with E-state index in [1.165, 1.54) is 0 Å². The molecule has 0 saturated carbocycles. The van der Waals surface area contributed by atoms with Crippen LogP contribution in [-0.2, 0) is 6.42 Å². The Morgan fingerprint density at radius 3 is 2.67 bits per heavy atom. The van der Waals surface area contributed by atoms with Crippen LogP contribution in [0.4, 0.5) is 0 Å². The third kappa shape index (κ3) is 2.00. The van der Waals surface area contributed by atoms with Gasteiger partial charge in [-0.3, -0.25) is 0 Å². The molecule has 1 aromatic heterocycles. The third-order valence-electron chi connectivity index (χ3n) is 3.24. The summed E-state index contributed by atoms with van der Waals surface area (Å²) < 4.78 is 0. The van der Waals surface area contributed by atoms with Gasteiger partial charge in [0.05, 0.1) is 10.1 Å². The largest absolute Gasteiger partial charge is 0.692 e. The molecule has 9 heteroatoms. The van der Waals surface area contributed by atoms with E-state index in [9.17, 15) is 15.0 Å². The zero-order valence-corrected chi connectivity index (χ0v) is 11.3. The monoisotopic (exact) mass is 305 g/mol. The molecule has 1 aliphatic carbocycles. The highest BCUT2D eigenvalue weighted by Gasteiger charge is 2.34. The standard InChI is InChI=1S/C12H8ClN5O3/c13-7-3-1-2-4-9(7)17-14-12-10(18(17)21)6-5-8(15-19)11(12)16-20/h1-4H,5-6H2. The fourth-order valence-electron chi connectivity index (χ4n) is 2.24. The molecule has 0 bridgehead atoms. The minimum atomic E-state index is -0.193. The Balaban J connectivity index is 2.24. The molecule has 0 fully saturated rings. The number of aromatic nitrogens is 3. The Bertz CT molecular complexity index is 783. The number of halogens is 1. The van der Waals surface area contributed by atoms with Gasteiger partial charge < -0.3 is 5.21 Å². The number of rotatable bonds is 3. The Morgan fingerprint density at radius 2 is 2.00 bits per heavy atom. The molecule has 0 N–H and O–H groups in total. The van der Waals surface area contributed by atoms with E-state index < -0.39 is 0 Å². The first-order valence-electron chi connectivity index (χ1n) is 6.04. The van der Waals surface area contributed by atoms with Gasteiger partial charge in [-0.15, -0.1) is 14.7 Å². The highest BCUT2D eigenvalue weighted by molar-refractivity contribution is 6.32. The van der Waals surface area contributed by atoms with Crippen molar-refractivity contribution in [2.24, 2.45) is 10.4 Å². The molecule has 8 nitrogen and oxygen atoms in total. The molecule has 21 heavy (non-hydrogen) atoms. The van der Waals surface area contributed by atoms with Crippen molar-refractivity contribution in [2.45, 2.75) is 12.8 Å². The first-order chi connectivity index (χ1) is 10.2. The number of benzene rings is 1. The normalized spacial score (nSPS) is 14.0. The van der Waals surface area contributed by atoms with Gasteiger partial charge in [-0.25, -0.2) is 0 Å². The summed E-state index contributed by atoms with van der Waals surface area (Å²) in [5, 5.41) is 22.3. The van der Waals surface area contributed by atoms with Crippen LogP contribution in [0.25, 0.3) is 11.4 Å². The molecule has 1 heterocycles. The van der Waals surface area contributed by atoms with Crippen molar-refractivity contribution in [3.05, 3.63) is 61.4 Å². The van der Waals surface area contributed by atoms with Crippen LogP contribution in [0.5, 0.6) is 0 Å². The summed E-state index contributed by atoms with van der Waals surface area (Å²) >= 11 is 6.04. The number of nitroso groups, excluding NO2 is 2. The van der Waals surface area contributed by atoms with Gasteiger partial charge in [0, 0.05) is 12.8 Å². The van der Waals surface area contributed by atoms with Gasteiger partial charge in [0.1, 0.15) is 11.4 Å². The van der Waals surface area contributed by atoms with Crippen LogP contribution in [-0.4, -0.2) is 9.90 Å². The molecule has 106 valence electrons. The van der Waals surface area contributed by atoms with Crippen molar-refractivity contribution >= 4 is 17.3 Å². The molecule has 0 atom stereocenters. The molecule has 0 aliphatic heterocycles. The van der Waals surface area contributed by atoms with Crippen molar-refractivity contribution in [1.82, 2.24) is 9.90 Å². The summed E-state index contributed by atoms with van der Waals surface area (Å²) in [6, 6.07) is 6.66. The fourth-order valence-corrected chi connectivity index (χ4v) is 2.45. The minimum Gasteiger partial charge on any atom is -0.692 e. The Kier molecular flexibility index (Phi) is 3.22. The SMILES string of the molecule is O=NC1=C(N=O)c2nn(-c3ccccc3Cl)[n+]([O-])c2CC1. The smallest absolute Gasteiger partial charge is 0.276 e. The van der Waals surface area contributed by atoms with Gasteiger partial charge in [-0.05, 0) is 27.3 Å². The van der Waals surface area contributed by atoms with E-state index >= 15 is 0 Å². The average molecular weight is 306 g/mol. The molecule has 1 aliphatic rings. The Morgan fingerprint density at radius 1 is 1.24 bits per heavy atom. The van der Waals surface area contributed by atoms with Crippen LogP contribution in [0.2, 0.25) is 5.02 Å². The van der Waals surface area contributed by atoms with Gasteiger partial charge in [0.2, 0.25) is 0 Å². The molecule has 0 spiro atoms. The first-order valence-corrected chi connectivity index (χ1v) is 6.42. The zero-order valence-electron chi connectivity index (χ0n) is 10.6. The van der Waals surface area contributed by atoms with Crippen LogP contribution in [0.15, 0.2) is 40.3 Å². The van der Waals surface area contributed by atoms with E-state index in [1.807, 2.05) is 0 Å². The molecule has 0 amide bonds. The van der Waals surface area contributed by atoms with E-state index in [0.717, 1.165) is 4.80 Å². The van der Waals surface area contributed by atoms with Crippen molar-refractivity contribution in [1.29, 1.82) is 0 Å². The summed E-state index contributed by atoms with van der Waals surface area (Å²) in [5.41, 5.74) is 0.510.